The van der Waals surface area contributed by atoms with E-state index >= 15 is 0 Å². The molecule has 1 amide bonds. The van der Waals surface area contributed by atoms with E-state index in [4.69, 9.17) is 0 Å². The van der Waals surface area contributed by atoms with Gasteiger partial charge in [-0.05, 0) is 61.5 Å². The number of carbonyl (C=O) groups excluding carboxylic acids is 1. The molecule has 1 saturated heterocycles. The topological polar surface area (TPSA) is 84.3 Å². The first-order valence-electron chi connectivity index (χ1n) is 11.2. The lowest BCUT2D eigenvalue weighted by Gasteiger charge is -2.30. The Morgan fingerprint density at radius 3 is 2.35 bits per heavy atom. The third-order valence-corrected chi connectivity index (χ3v) is 8.12. The van der Waals surface area contributed by atoms with Crippen LogP contribution in [0.4, 0.5) is 0 Å². The maximum absolute atomic E-state index is 12.7. The van der Waals surface area contributed by atoms with Crippen LogP contribution in [-0.4, -0.2) is 47.8 Å². The third-order valence-electron chi connectivity index (χ3n) is 6.33. The summed E-state index contributed by atoms with van der Waals surface area (Å²) in [5.74, 6) is 1.34. The number of aromatic nitrogens is 2. The molecule has 1 N–H and O–H groups in total. The highest BCUT2D eigenvalue weighted by Crippen LogP contribution is 2.28. The zero-order valence-corrected chi connectivity index (χ0v) is 19.0. The van der Waals surface area contributed by atoms with Crippen LogP contribution in [0.3, 0.4) is 0 Å². The summed E-state index contributed by atoms with van der Waals surface area (Å²) in [5.41, 5.74) is 2.45. The van der Waals surface area contributed by atoms with Gasteiger partial charge in [-0.2, -0.15) is 4.31 Å². The van der Waals surface area contributed by atoms with Gasteiger partial charge in [-0.15, -0.1) is 0 Å². The fourth-order valence-electron chi connectivity index (χ4n) is 4.11. The van der Waals surface area contributed by atoms with Crippen LogP contribution in [0.15, 0.2) is 41.8 Å². The highest BCUT2D eigenvalue weighted by atomic mass is 32.2. The second-order valence-corrected chi connectivity index (χ2v) is 10.9. The minimum atomic E-state index is -3.49. The van der Waals surface area contributed by atoms with Gasteiger partial charge in [-0.25, -0.2) is 13.4 Å². The number of rotatable bonds is 9. The highest BCUT2D eigenvalue weighted by Gasteiger charge is 2.30. The Kier molecular flexibility index (Phi) is 6.77. The molecule has 2 heterocycles. The fourth-order valence-corrected chi connectivity index (χ4v) is 5.55. The molecule has 8 heteroatoms. The summed E-state index contributed by atoms with van der Waals surface area (Å²) in [6.07, 6.45) is 9.55. The molecule has 1 saturated carbocycles. The number of nitrogens with one attached hydrogen (secondary N) is 1. The molecule has 1 aliphatic carbocycles. The maximum atomic E-state index is 12.7. The molecule has 1 aromatic carbocycles. The number of sulfonamides is 1. The molecule has 2 fully saturated rings. The second kappa shape index (κ2) is 9.53. The summed E-state index contributed by atoms with van der Waals surface area (Å²) in [6, 6.07) is 8.53. The molecule has 0 radical (unpaired) electrons. The van der Waals surface area contributed by atoms with Crippen molar-refractivity contribution in [1.82, 2.24) is 19.2 Å². The number of hydrogen-bond acceptors (Lipinski definition) is 4. The van der Waals surface area contributed by atoms with Crippen molar-refractivity contribution in [3.63, 3.8) is 0 Å². The maximum Gasteiger partial charge on any atom is 0.262 e. The lowest BCUT2D eigenvalue weighted by molar-refractivity contribution is -0.121. The lowest BCUT2D eigenvalue weighted by atomic mass is 9.90. The van der Waals surface area contributed by atoms with Gasteiger partial charge in [0.2, 0.25) is 5.91 Å². The minimum absolute atomic E-state index is 0.130. The average Bonchev–Trinajstić information content (AvgIpc) is 3.50. The number of aryl methyl sites for hydroxylation is 2. The number of imidazole rings is 1. The monoisotopic (exact) mass is 444 g/mol. The number of nitrogens with zero attached hydrogens (tertiary/aromatic N) is 3. The normalized spacial score (nSPS) is 18.2. The van der Waals surface area contributed by atoms with E-state index in [0.29, 0.717) is 31.3 Å². The van der Waals surface area contributed by atoms with Crippen LogP contribution in [0.5, 0.6) is 0 Å². The zero-order valence-electron chi connectivity index (χ0n) is 18.2. The van der Waals surface area contributed by atoms with Crippen LogP contribution in [0, 0.1) is 11.8 Å². The first-order chi connectivity index (χ1) is 14.9. The molecule has 31 heavy (non-hydrogen) atoms. The second-order valence-electron chi connectivity index (χ2n) is 8.99. The van der Waals surface area contributed by atoms with Gasteiger partial charge < -0.3 is 9.88 Å². The van der Waals surface area contributed by atoms with Crippen molar-refractivity contribution >= 4 is 15.9 Å². The molecular weight excluding hydrogens is 412 g/mol. The molecule has 7 nitrogen and oxygen atoms in total. The van der Waals surface area contributed by atoms with Crippen LogP contribution in [0.1, 0.15) is 43.2 Å². The van der Waals surface area contributed by atoms with Crippen molar-refractivity contribution in [3.8, 4) is 0 Å². The summed E-state index contributed by atoms with van der Waals surface area (Å²) >= 11 is 0. The Morgan fingerprint density at radius 1 is 1.06 bits per heavy atom. The van der Waals surface area contributed by atoms with Crippen LogP contribution < -0.4 is 5.32 Å². The van der Waals surface area contributed by atoms with Crippen LogP contribution in [0.2, 0.25) is 0 Å². The Labute approximate surface area is 184 Å². The van der Waals surface area contributed by atoms with Crippen molar-refractivity contribution in [1.29, 1.82) is 0 Å². The van der Waals surface area contributed by atoms with E-state index < -0.39 is 10.0 Å². The summed E-state index contributed by atoms with van der Waals surface area (Å²) in [6.45, 7) is 1.91. The van der Waals surface area contributed by atoms with E-state index in [1.54, 1.807) is 22.1 Å². The molecule has 0 spiro atoms. The van der Waals surface area contributed by atoms with Crippen LogP contribution >= 0.6 is 0 Å². The number of amides is 1. The molecule has 0 atom stereocenters. The summed E-state index contributed by atoms with van der Waals surface area (Å²) < 4.78 is 28.6. The molecule has 2 aromatic rings. The Balaban J connectivity index is 1.21. The molecule has 0 unspecified atom stereocenters. The van der Waals surface area contributed by atoms with Gasteiger partial charge in [-0.1, -0.05) is 24.3 Å². The van der Waals surface area contributed by atoms with Gasteiger partial charge in [0.05, 0.1) is 6.33 Å². The van der Waals surface area contributed by atoms with Crippen molar-refractivity contribution in [2.45, 2.75) is 50.0 Å². The fraction of sp³-hybridized carbons (Fsp3) is 0.565. The summed E-state index contributed by atoms with van der Waals surface area (Å²) in [7, 11) is -1.72. The van der Waals surface area contributed by atoms with Crippen molar-refractivity contribution in [3.05, 3.63) is 47.9 Å². The van der Waals surface area contributed by atoms with Gasteiger partial charge in [0.15, 0.2) is 5.03 Å². The predicted molar refractivity (Wildman–Crippen MR) is 119 cm³/mol. The first kappa shape index (κ1) is 22.0. The highest BCUT2D eigenvalue weighted by molar-refractivity contribution is 7.89. The largest absolute Gasteiger partial charge is 0.356 e. The van der Waals surface area contributed by atoms with Crippen molar-refractivity contribution in [2.24, 2.45) is 18.9 Å². The smallest absolute Gasteiger partial charge is 0.262 e. The standard InChI is InChI=1S/C23H32N4O3S/c1-26-16-23(25-17-26)31(29,30)27-12-10-20(11-13-27)14-19-4-2-18(3-5-19)8-9-22(28)24-15-21-6-7-21/h2-5,16-17,20-21H,6-15H2,1H3,(H,24,28). The van der Waals surface area contributed by atoms with Gasteiger partial charge in [0.1, 0.15) is 0 Å². The minimum Gasteiger partial charge on any atom is -0.356 e. The number of piperidine rings is 1. The number of carbonyl (C=O) groups is 1. The lowest BCUT2D eigenvalue weighted by Crippen LogP contribution is -2.39. The average molecular weight is 445 g/mol. The molecule has 2 aliphatic rings. The third kappa shape index (κ3) is 5.95. The summed E-state index contributed by atoms with van der Waals surface area (Å²) in [5, 5.41) is 3.15. The quantitative estimate of drug-likeness (QED) is 0.644. The van der Waals surface area contributed by atoms with E-state index in [0.717, 1.165) is 32.2 Å². The van der Waals surface area contributed by atoms with Gasteiger partial charge >= 0.3 is 0 Å². The molecular formula is C23H32N4O3S. The van der Waals surface area contributed by atoms with E-state index in [-0.39, 0.29) is 10.9 Å². The zero-order chi connectivity index (χ0) is 21.8. The molecule has 1 aliphatic heterocycles. The van der Waals surface area contributed by atoms with E-state index in [1.165, 1.54) is 30.3 Å². The molecule has 4 rings (SSSR count). The molecule has 168 valence electrons. The number of benzene rings is 1. The molecule has 1 aromatic heterocycles. The van der Waals surface area contributed by atoms with E-state index in [1.807, 2.05) is 0 Å². The van der Waals surface area contributed by atoms with E-state index in [9.17, 15) is 13.2 Å². The first-order valence-corrected chi connectivity index (χ1v) is 12.7. The summed E-state index contributed by atoms with van der Waals surface area (Å²) in [4.78, 5) is 15.9. The Bertz CT molecular complexity index is 988. The van der Waals surface area contributed by atoms with Gasteiger partial charge in [0.25, 0.3) is 10.0 Å². The van der Waals surface area contributed by atoms with Crippen LogP contribution in [0.25, 0.3) is 0 Å². The Morgan fingerprint density at radius 2 is 1.74 bits per heavy atom. The van der Waals surface area contributed by atoms with E-state index in [2.05, 4.69) is 34.6 Å². The Hall–Kier alpha value is -2.19. The predicted octanol–water partition coefficient (Wildman–Crippen LogP) is 2.52. The molecule has 0 bridgehead atoms. The SMILES string of the molecule is Cn1cnc(S(=O)(=O)N2CCC(Cc3ccc(CCC(=O)NCC4CC4)cc3)CC2)c1. The van der Waals surface area contributed by atoms with Gasteiger partial charge in [-0.3, -0.25) is 4.79 Å². The van der Waals surface area contributed by atoms with Crippen molar-refractivity contribution < 1.29 is 13.2 Å². The van der Waals surface area contributed by atoms with Gasteiger partial charge in [0, 0.05) is 39.3 Å². The number of hydrogen-bond donors (Lipinski definition) is 1. The van der Waals surface area contributed by atoms with Crippen LogP contribution in [-0.2, 0) is 34.7 Å². The van der Waals surface area contributed by atoms with Crippen molar-refractivity contribution in [2.75, 3.05) is 19.6 Å².